The summed E-state index contributed by atoms with van der Waals surface area (Å²) < 4.78 is 5.52. The van der Waals surface area contributed by atoms with E-state index < -0.39 is 0 Å². The van der Waals surface area contributed by atoms with E-state index in [4.69, 9.17) is 22.1 Å². The Morgan fingerprint density at radius 3 is 2.47 bits per heavy atom. The topological polar surface area (TPSA) is 48.1 Å². The number of nitrogens with zero attached hydrogens (tertiary/aromatic N) is 1. The molecule has 0 saturated carbocycles. The standard InChI is InChI=1S/C14H15ClN2OS/c15-11-3-1-10(2-4-11)14(5-7-18-8-6-14)12-9-19-13(16)17-12/h1-4,9H,5-8H2,(H2,16,17). The van der Waals surface area contributed by atoms with Crippen LogP contribution >= 0.6 is 22.9 Å². The van der Waals surface area contributed by atoms with Crippen molar-refractivity contribution in [3.05, 3.63) is 45.9 Å². The van der Waals surface area contributed by atoms with Crippen molar-refractivity contribution in [2.45, 2.75) is 18.3 Å². The van der Waals surface area contributed by atoms with E-state index in [1.54, 1.807) is 0 Å². The van der Waals surface area contributed by atoms with Crippen molar-refractivity contribution in [3.63, 3.8) is 0 Å². The number of hydrogen-bond donors (Lipinski definition) is 1. The lowest BCUT2D eigenvalue weighted by Gasteiger charge is -2.36. The van der Waals surface area contributed by atoms with E-state index >= 15 is 0 Å². The number of nitrogen functional groups attached to an aromatic ring is 1. The molecule has 0 unspecified atom stereocenters. The van der Waals surface area contributed by atoms with Gasteiger partial charge in [0, 0.05) is 29.0 Å². The maximum Gasteiger partial charge on any atom is 0.180 e. The van der Waals surface area contributed by atoms with Crippen LogP contribution in [0.15, 0.2) is 29.6 Å². The smallest absolute Gasteiger partial charge is 0.180 e. The first kappa shape index (κ1) is 12.9. The van der Waals surface area contributed by atoms with E-state index in [2.05, 4.69) is 22.5 Å². The first-order chi connectivity index (χ1) is 9.21. The van der Waals surface area contributed by atoms with E-state index in [0.29, 0.717) is 5.13 Å². The van der Waals surface area contributed by atoms with Crippen LogP contribution in [0.5, 0.6) is 0 Å². The fourth-order valence-corrected chi connectivity index (χ4v) is 3.48. The number of thiazole rings is 1. The molecule has 0 amide bonds. The van der Waals surface area contributed by atoms with Crippen molar-refractivity contribution >= 4 is 28.1 Å². The summed E-state index contributed by atoms with van der Waals surface area (Å²) in [5.41, 5.74) is 8.01. The predicted molar refractivity (Wildman–Crippen MR) is 78.8 cm³/mol. The average molecular weight is 295 g/mol. The molecule has 2 heterocycles. The number of anilines is 1. The van der Waals surface area contributed by atoms with E-state index in [0.717, 1.165) is 36.8 Å². The molecule has 0 radical (unpaired) electrons. The first-order valence-electron chi connectivity index (χ1n) is 6.26. The Morgan fingerprint density at radius 1 is 1.21 bits per heavy atom. The van der Waals surface area contributed by atoms with E-state index in [-0.39, 0.29) is 5.41 Å². The highest BCUT2D eigenvalue weighted by Crippen LogP contribution is 2.42. The Hall–Kier alpha value is -1.10. The van der Waals surface area contributed by atoms with Gasteiger partial charge in [-0.15, -0.1) is 11.3 Å². The van der Waals surface area contributed by atoms with Crippen LogP contribution in [-0.4, -0.2) is 18.2 Å². The maximum atomic E-state index is 5.99. The van der Waals surface area contributed by atoms with Crippen molar-refractivity contribution in [3.8, 4) is 0 Å². The van der Waals surface area contributed by atoms with Gasteiger partial charge in [0.1, 0.15) is 0 Å². The molecule has 1 saturated heterocycles. The SMILES string of the molecule is Nc1nc(C2(c3ccc(Cl)cc3)CCOCC2)cs1. The van der Waals surface area contributed by atoms with Gasteiger partial charge in [0.15, 0.2) is 5.13 Å². The van der Waals surface area contributed by atoms with Crippen LogP contribution in [-0.2, 0) is 10.2 Å². The Balaban J connectivity index is 2.08. The molecule has 3 rings (SSSR count). The molecule has 1 fully saturated rings. The van der Waals surface area contributed by atoms with Gasteiger partial charge in [0.25, 0.3) is 0 Å². The molecule has 1 aliphatic rings. The number of rotatable bonds is 2. The highest BCUT2D eigenvalue weighted by atomic mass is 35.5. The minimum absolute atomic E-state index is 0.0864. The first-order valence-corrected chi connectivity index (χ1v) is 7.52. The van der Waals surface area contributed by atoms with Crippen LogP contribution < -0.4 is 5.73 Å². The van der Waals surface area contributed by atoms with E-state index in [1.165, 1.54) is 16.9 Å². The minimum Gasteiger partial charge on any atom is -0.381 e. The number of ether oxygens (including phenoxy) is 1. The molecule has 3 nitrogen and oxygen atoms in total. The monoisotopic (exact) mass is 294 g/mol. The van der Waals surface area contributed by atoms with Crippen molar-refractivity contribution < 1.29 is 4.74 Å². The van der Waals surface area contributed by atoms with Crippen molar-refractivity contribution in [1.29, 1.82) is 0 Å². The van der Waals surface area contributed by atoms with Gasteiger partial charge >= 0.3 is 0 Å². The fraction of sp³-hybridized carbons (Fsp3) is 0.357. The summed E-state index contributed by atoms with van der Waals surface area (Å²) in [6.45, 7) is 1.50. The number of halogens is 1. The van der Waals surface area contributed by atoms with Gasteiger partial charge in [0.05, 0.1) is 5.69 Å². The highest BCUT2D eigenvalue weighted by molar-refractivity contribution is 7.13. The third-order valence-electron chi connectivity index (χ3n) is 3.76. The Labute approximate surface area is 121 Å². The number of nitrogens with two attached hydrogens (primary N) is 1. The van der Waals surface area contributed by atoms with E-state index in [9.17, 15) is 0 Å². The molecule has 2 aromatic rings. The third kappa shape index (κ3) is 2.36. The molecule has 0 bridgehead atoms. The quantitative estimate of drug-likeness (QED) is 0.922. The Bertz CT molecular complexity index is 561. The average Bonchev–Trinajstić information content (AvgIpc) is 2.87. The summed E-state index contributed by atoms with van der Waals surface area (Å²) in [6.07, 6.45) is 1.86. The van der Waals surface area contributed by atoms with Crippen LogP contribution in [0.1, 0.15) is 24.1 Å². The number of hydrogen-bond acceptors (Lipinski definition) is 4. The molecule has 0 spiro atoms. The molecule has 100 valence electrons. The lowest BCUT2D eigenvalue weighted by molar-refractivity contribution is 0.0620. The van der Waals surface area contributed by atoms with Gasteiger partial charge < -0.3 is 10.5 Å². The zero-order chi connectivity index (χ0) is 13.3. The fourth-order valence-electron chi connectivity index (χ4n) is 2.69. The molecule has 0 aliphatic carbocycles. The van der Waals surface area contributed by atoms with Crippen LogP contribution in [0, 0.1) is 0 Å². The van der Waals surface area contributed by atoms with Crippen molar-refractivity contribution in [2.24, 2.45) is 0 Å². The summed E-state index contributed by atoms with van der Waals surface area (Å²) in [5, 5.41) is 3.44. The van der Waals surface area contributed by atoms with Gasteiger partial charge in [0.2, 0.25) is 0 Å². The molecular weight excluding hydrogens is 280 g/mol. The summed E-state index contributed by atoms with van der Waals surface area (Å²) in [6, 6.07) is 8.04. The largest absolute Gasteiger partial charge is 0.381 e. The summed E-state index contributed by atoms with van der Waals surface area (Å²) in [4.78, 5) is 4.51. The highest BCUT2D eigenvalue weighted by Gasteiger charge is 2.38. The zero-order valence-corrected chi connectivity index (χ0v) is 12.0. The molecule has 2 N–H and O–H groups in total. The summed E-state index contributed by atoms with van der Waals surface area (Å²) in [7, 11) is 0. The van der Waals surface area contributed by atoms with Crippen molar-refractivity contribution in [2.75, 3.05) is 18.9 Å². The summed E-state index contributed by atoms with van der Waals surface area (Å²) >= 11 is 7.48. The van der Waals surface area contributed by atoms with Crippen LogP contribution in [0.3, 0.4) is 0 Å². The normalized spacial score (nSPS) is 18.4. The molecular formula is C14H15ClN2OS. The minimum atomic E-state index is -0.0864. The molecule has 1 aromatic heterocycles. The molecule has 1 aliphatic heterocycles. The van der Waals surface area contributed by atoms with Gasteiger partial charge in [-0.1, -0.05) is 23.7 Å². The maximum absolute atomic E-state index is 5.99. The number of benzene rings is 1. The van der Waals surface area contributed by atoms with Crippen LogP contribution in [0.2, 0.25) is 5.02 Å². The van der Waals surface area contributed by atoms with Gasteiger partial charge in [-0.2, -0.15) is 0 Å². The Morgan fingerprint density at radius 2 is 1.89 bits per heavy atom. The Kier molecular flexibility index (Phi) is 3.48. The third-order valence-corrected chi connectivity index (χ3v) is 4.68. The number of aromatic nitrogens is 1. The van der Waals surface area contributed by atoms with Gasteiger partial charge in [-0.3, -0.25) is 0 Å². The molecule has 1 aromatic carbocycles. The molecule has 5 heteroatoms. The van der Waals surface area contributed by atoms with Gasteiger partial charge in [-0.25, -0.2) is 4.98 Å². The molecule has 19 heavy (non-hydrogen) atoms. The lowest BCUT2D eigenvalue weighted by Crippen LogP contribution is -2.35. The van der Waals surface area contributed by atoms with Crippen molar-refractivity contribution in [1.82, 2.24) is 4.98 Å². The zero-order valence-electron chi connectivity index (χ0n) is 10.4. The second kappa shape index (κ2) is 5.12. The van der Waals surface area contributed by atoms with Crippen LogP contribution in [0.25, 0.3) is 0 Å². The second-order valence-corrected chi connectivity index (χ2v) is 6.10. The van der Waals surface area contributed by atoms with Gasteiger partial charge in [-0.05, 0) is 30.5 Å². The second-order valence-electron chi connectivity index (χ2n) is 4.77. The predicted octanol–water partition coefficient (Wildman–Crippen LogP) is 3.48. The lowest BCUT2D eigenvalue weighted by atomic mass is 9.72. The summed E-state index contributed by atoms with van der Waals surface area (Å²) in [5.74, 6) is 0. The van der Waals surface area contributed by atoms with Crippen LogP contribution in [0.4, 0.5) is 5.13 Å². The molecule has 0 atom stereocenters. The van der Waals surface area contributed by atoms with E-state index in [1.807, 2.05) is 12.1 Å².